The molecule has 3 saturated heterocycles. The number of aliphatic hydroxyl groups excluding tert-OH is 1. The van der Waals surface area contributed by atoms with Gasteiger partial charge in [-0.25, -0.2) is 4.79 Å². The SMILES string of the molecule is COC(=O)C(C)C1CCC23C4OC(=O)C12OC1O[C@@H](O)[C@H](OC)C13C(C(C)(C)C)[C@H]4OC(C)=O. The lowest BCUT2D eigenvalue weighted by Crippen LogP contribution is -2.60. The molecule has 0 radical (unpaired) electrons. The van der Waals surface area contributed by atoms with E-state index in [1.54, 1.807) is 6.92 Å². The van der Waals surface area contributed by atoms with Crippen LogP contribution in [0.25, 0.3) is 0 Å². The number of esters is 3. The topological polar surface area (TPSA) is 127 Å². The number of rotatable bonds is 4. The van der Waals surface area contributed by atoms with Crippen molar-refractivity contribution >= 4 is 17.9 Å². The van der Waals surface area contributed by atoms with Crippen LogP contribution in [0.5, 0.6) is 0 Å². The van der Waals surface area contributed by atoms with E-state index in [0.717, 1.165) is 0 Å². The van der Waals surface area contributed by atoms with Crippen molar-refractivity contribution in [3.8, 4) is 0 Å². The highest BCUT2D eigenvalue weighted by Crippen LogP contribution is 2.84. The highest BCUT2D eigenvalue weighted by Gasteiger charge is 2.97. The summed E-state index contributed by atoms with van der Waals surface area (Å²) in [5, 5.41) is 10.9. The maximum Gasteiger partial charge on any atom is 0.340 e. The van der Waals surface area contributed by atoms with Crippen molar-refractivity contribution in [2.75, 3.05) is 14.2 Å². The van der Waals surface area contributed by atoms with E-state index >= 15 is 0 Å². The number of hydrogen-bond acceptors (Lipinski definition) is 10. The first-order chi connectivity index (χ1) is 15.9. The zero-order chi connectivity index (χ0) is 25.0. The van der Waals surface area contributed by atoms with Crippen LogP contribution in [0.15, 0.2) is 0 Å². The molecule has 10 nitrogen and oxygen atoms in total. The molecule has 2 aliphatic carbocycles. The van der Waals surface area contributed by atoms with Crippen molar-refractivity contribution < 1.29 is 47.9 Å². The van der Waals surface area contributed by atoms with Crippen LogP contribution >= 0.6 is 0 Å². The second-order valence-electron chi connectivity index (χ2n) is 11.5. The fourth-order valence-corrected chi connectivity index (χ4v) is 8.75. The Morgan fingerprint density at radius 2 is 1.91 bits per heavy atom. The molecule has 190 valence electrons. The number of hydrogen-bond donors (Lipinski definition) is 1. The molecule has 0 aromatic carbocycles. The number of carbonyl (C=O) groups is 3. The molecule has 0 aromatic rings. The van der Waals surface area contributed by atoms with Crippen LogP contribution < -0.4 is 0 Å². The molecule has 8 unspecified atom stereocenters. The standard InChI is InChI=1S/C24H34O10/c1-10(17(26)30-7)12-8-9-22-15-13(31-11(2)25)14(21(3,4)5)23(22)16(29-6)18(27)33-20(23)34-24(12,22)19(28)32-15/h10,12-16,18,20,27H,8-9H2,1-7H3/t10?,12?,13-,14?,15?,16+,18-,20?,22?,23?,24?/m1/s1. The van der Waals surface area contributed by atoms with Crippen LogP contribution in [0.2, 0.25) is 0 Å². The monoisotopic (exact) mass is 482 g/mol. The highest BCUT2D eigenvalue weighted by atomic mass is 16.8. The lowest BCUT2D eigenvalue weighted by atomic mass is 9.51. The highest BCUT2D eigenvalue weighted by molar-refractivity contribution is 5.88. The van der Waals surface area contributed by atoms with Gasteiger partial charge in [0.05, 0.1) is 23.9 Å². The smallest absolute Gasteiger partial charge is 0.340 e. The summed E-state index contributed by atoms with van der Waals surface area (Å²) in [4.78, 5) is 38.6. The van der Waals surface area contributed by atoms with Crippen molar-refractivity contribution in [3.05, 3.63) is 0 Å². The van der Waals surface area contributed by atoms with Crippen LogP contribution in [0.4, 0.5) is 0 Å². The number of aliphatic hydroxyl groups is 1. The molecule has 0 aromatic heterocycles. The minimum absolute atomic E-state index is 0.442. The van der Waals surface area contributed by atoms with Gasteiger partial charge >= 0.3 is 17.9 Å². The molecule has 0 amide bonds. The molecule has 2 saturated carbocycles. The van der Waals surface area contributed by atoms with E-state index in [1.165, 1.54) is 21.1 Å². The zero-order valence-corrected chi connectivity index (χ0v) is 20.7. The first-order valence-electron chi connectivity index (χ1n) is 11.9. The van der Waals surface area contributed by atoms with Crippen LogP contribution in [0.1, 0.15) is 47.5 Å². The van der Waals surface area contributed by atoms with Gasteiger partial charge in [0.2, 0.25) is 0 Å². The second kappa shape index (κ2) is 7.15. The molecule has 5 aliphatic rings. The summed E-state index contributed by atoms with van der Waals surface area (Å²) in [5.41, 5.74) is -4.11. The molecule has 11 atom stereocenters. The predicted molar refractivity (Wildman–Crippen MR) is 113 cm³/mol. The van der Waals surface area contributed by atoms with E-state index < -0.39 is 88.4 Å². The molecular formula is C24H34O10. The number of ether oxygens (including phenoxy) is 6. The Morgan fingerprint density at radius 1 is 1.24 bits per heavy atom. The number of carbonyl (C=O) groups excluding carboxylic acids is 3. The summed E-state index contributed by atoms with van der Waals surface area (Å²) in [7, 11) is 2.80. The first kappa shape index (κ1) is 24.0. The lowest BCUT2D eigenvalue weighted by molar-refractivity contribution is -0.238. The Labute approximate surface area is 198 Å². The van der Waals surface area contributed by atoms with Gasteiger partial charge in [0.15, 0.2) is 18.2 Å². The minimum atomic E-state index is -1.52. The van der Waals surface area contributed by atoms with Crippen LogP contribution in [0, 0.1) is 34.0 Å². The average Bonchev–Trinajstić information content (AvgIpc) is 3.41. The van der Waals surface area contributed by atoms with E-state index in [1.807, 2.05) is 20.8 Å². The van der Waals surface area contributed by atoms with Gasteiger partial charge in [0.1, 0.15) is 18.3 Å². The van der Waals surface area contributed by atoms with E-state index in [-0.39, 0.29) is 0 Å². The summed E-state index contributed by atoms with van der Waals surface area (Å²) >= 11 is 0. The van der Waals surface area contributed by atoms with Gasteiger partial charge in [-0.3, -0.25) is 9.59 Å². The zero-order valence-electron chi connectivity index (χ0n) is 20.7. The van der Waals surface area contributed by atoms with Crippen molar-refractivity contribution in [3.63, 3.8) is 0 Å². The Balaban J connectivity index is 1.80. The molecule has 34 heavy (non-hydrogen) atoms. The van der Waals surface area contributed by atoms with Gasteiger partial charge in [0, 0.05) is 25.9 Å². The summed E-state index contributed by atoms with van der Waals surface area (Å²) in [6, 6.07) is 0. The minimum Gasteiger partial charge on any atom is -0.469 e. The maximum atomic E-state index is 13.8. The fourth-order valence-electron chi connectivity index (χ4n) is 8.75. The van der Waals surface area contributed by atoms with Crippen LogP contribution in [0.3, 0.4) is 0 Å². The van der Waals surface area contributed by atoms with Crippen LogP contribution in [-0.4, -0.2) is 73.7 Å². The Morgan fingerprint density at radius 3 is 2.47 bits per heavy atom. The summed E-state index contributed by atoms with van der Waals surface area (Å²) in [6.07, 6.45) is -3.88. The van der Waals surface area contributed by atoms with Gasteiger partial charge in [-0.15, -0.1) is 0 Å². The maximum absolute atomic E-state index is 13.8. The van der Waals surface area contributed by atoms with Gasteiger partial charge < -0.3 is 33.5 Å². The van der Waals surface area contributed by atoms with Crippen molar-refractivity contribution in [2.45, 2.75) is 84.0 Å². The normalized spacial score (nSPS) is 49.3. The predicted octanol–water partition coefficient (Wildman–Crippen LogP) is 1.17. The first-order valence-corrected chi connectivity index (χ1v) is 11.9. The molecule has 5 fully saturated rings. The lowest BCUT2D eigenvalue weighted by Gasteiger charge is -2.48. The molecular weight excluding hydrogens is 448 g/mol. The molecule has 5 rings (SSSR count). The quantitative estimate of drug-likeness (QED) is 0.461. The van der Waals surface area contributed by atoms with Gasteiger partial charge in [-0.1, -0.05) is 27.7 Å². The molecule has 3 heterocycles. The van der Waals surface area contributed by atoms with Crippen molar-refractivity contribution in [1.82, 2.24) is 0 Å². The van der Waals surface area contributed by atoms with Gasteiger partial charge in [-0.2, -0.15) is 0 Å². The van der Waals surface area contributed by atoms with E-state index in [0.29, 0.717) is 12.8 Å². The molecule has 2 spiro atoms. The van der Waals surface area contributed by atoms with Crippen molar-refractivity contribution in [1.29, 1.82) is 0 Å². The second-order valence-corrected chi connectivity index (χ2v) is 11.5. The third-order valence-corrected chi connectivity index (χ3v) is 9.31. The summed E-state index contributed by atoms with van der Waals surface area (Å²) in [5.74, 6) is -3.18. The third kappa shape index (κ3) is 2.34. The van der Waals surface area contributed by atoms with E-state index in [9.17, 15) is 19.5 Å². The molecule has 1 N–H and O–H groups in total. The largest absolute Gasteiger partial charge is 0.469 e. The van der Waals surface area contributed by atoms with Gasteiger partial charge in [-0.05, 0) is 18.3 Å². The van der Waals surface area contributed by atoms with Gasteiger partial charge in [0.25, 0.3) is 0 Å². The Bertz CT molecular complexity index is 927. The number of methoxy groups -OCH3 is 2. The van der Waals surface area contributed by atoms with Crippen molar-refractivity contribution in [2.24, 2.45) is 34.0 Å². The average molecular weight is 483 g/mol. The third-order valence-electron chi connectivity index (χ3n) is 9.31. The Kier molecular flexibility index (Phi) is 5.04. The van der Waals surface area contributed by atoms with E-state index in [2.05, 4.69) is 0 Å². The fraction of sp³-hybridized carbons (Fsp3) is 0.875. The molecule has 0 bridgehead atoms. The molecule has 10 heteroatoms. The Hall–Kier alpha value is -1.75. The summed E-state index contributed by atoms with van der Waals surface area (Å²) in [6.45, 7) is 9.09. The molecule has 3 aliphatic heterocycles. The van der Waals surface area contributed by atoms with Crippen LogP contribution in [-0.2, 0) is 42.8 Å². The van der Waals surface area contributed by atoms with E-state index in [4.69, 9.17) is 28.4 Å². The summed E-state index contributed by atoms with van der Waals surface area (Å²) < 4.78 is 35.4.